The molecule has 1 aromatic carbocycles. The van der Waals surface area contributed by atoms with Gasteiger partial charge in [-0.15, -0.1) is 0 Å². The van der Waals surface area contributed by atoms with Gasteiger partial charge >= 0.3 is 6.09 Å². The van der Waals surface area contributed by atoms with E-state index in [-0.39, 0.29) is 25.5 Å². The van der Waals surface area contributed by atoms with Crippen LogP contribution in [0.25, 0.3) is 0 Å². The Bertz CT molecular complexity index is 607. The molecule has 26 heavy (non-hydrogen) atoms. The van der Waals surface area contributed by atoms with Gasteiger partial charge < -0.3 is 19.7 Å². The Kier molecular flexibility index (Phi) is 8.52. The molecule has 2 rings (SSSR count). The molecule has 1 heterocycles. The molecule has 1 aromatic rings. The van der Waals surface area contributed by atoms with Gasteiger partial charge in [0.15, 0.2) is 11.1 Å². The fourth-order valence-corrected chi connectivity index (χ4v) is 2.77. The van der Waals surface area contributed by atoms with Crippen LogP contribution < -0.4 is 5.32 Å². The third-order valence-corrected chi connectivity index (χ3v) is 4.22. The van der Waals surface area contributed by atoms with Gasteiger partial charge in [0.25, 0.3) is 0 Å². The standard InChI is InChI=1S/C17H24N2O6S/c1-26(22)25-13-15(11-16(20)19-7-9-23-10-8-19)18-17(21)24-12-14-5-3-2-4-6-14/h2-6,15H,7-13H2,1H3,(H,18,21). The van der Waals surface area contributed by atoms with E-state index in [2.05, 4.69) is 5.32 Å². The molecule has 0 saturated carbocycles. The molecule has 0 bridgehead atoms. The van der Waals surface area contributed by atoms with E-state index < -0.39 is 23.2 Å². The highest BCUT2D eigenvalue weighted by Crippen LogP contribution is 2.06. The van der Waals surface area contributed by atoms with Crippen molar-refractivity contribution in [1.82, 2.24) is 10.2 Å². The Labute approximate surface area is 155 Å². The third kappa shape index (κ3) is 7.51. The first-order valence-corrected chi connectivity index (χ1v) is 9.82. The summed E-state index contributed by atoms with van der Waals surface area (Å²) in [7, 11) is 0. The molecule has 0 aromatic heterocycles. The van der Waals surface area contributed by atoms with Crippen LogP contribution in [0, 0.1) is 0 Å². The number of carbonyl (C=O) groups excluding carboxylic acids is 2. The molecule has 1 saturated heterocycles. The summed E-state index contributed by atoms with van der Waals surface area (Å²) < 4.78 is 26.6. The van der Waals surface area contributed by atoms with Crippen molar-refractivity contribution >= 4 is 23.1 Å². The molecule has 2 amide bonds. The monoisotopic (exact) mass is 384 g/mol. The molecular weight excluding hydrogens is 360 g/mol. The lowest BCUT2D eigenvalue weighted by atomic mass is 10.2. The summed E-state index contributed by atoms with van der Waals surface area (Å²) in [5, 5.41) is 2.61. The molecule has 1 aliphatic rings. The van der Waals surface area contributed by atoms with E-state index >= 15 is 0 Å². The van der Waals surface area contributed by atoms with Crippen LogP contribution in [0.2, 0.25) is 0 Å². The molecule has 1 aliphatic heterocycles. The molecule has 1 N–H and O–H groups in total. The number of benzene rings is 1. The maximum absolute atomic E-state index is 12.4. The zero-order chi connectivity index (χ0) is 18.8. The van der Waals surface area contributed by atoms with Gasteiger partial charge in [0.1, 0.15) is 6.61 Å². The minimum atomic E-state index is -1.49. The number of nitrogens with zero attached hydrogens (tertiary/aromatic N) is 1. The van der Waals surface area contributed by atoms with Gasteiger partial charge in [-0.3, -0.25) is 8.98 Å². The Morgan fingerprint density at radius 1 is 1.27 bits per heavy atom. The fourth-order valence-electron chi connectivity index (χ4n) is 2.41. The van der Waals surface area contributed by atoms with Crippen molar-refractivity contribution < 1.29 is 27.5 Å². The van der Waals surface area contributed by atoms with Crippen LogP contribution in [-0.4, -0.2) is 66.3 Å². The van der Waals surface area contributed by atoms with Crippen LogP contribution >= 0.6 is 0 Å². The molecule has 8 nitrogen and oxygen atoms in total. The third-order valence-electron chi connectivity index (χ3n) is 3.75. The number of amides is 2. The van der Waals surface area contributed by atoms with Crippen LogP contribution in [0.3, 0.4) is 0 Å². The summed E-state index contributed by atoms with van der Waals surface area (Å²) in [6, 6.07) is 8.64. The maximum atomic E-state index is 12.4. The lowest BCUT2D eigenvalue weighted by Crippen LogP contribution is -2.46. The van der Waals surface area contributed by atoms with Gasteiger partial charge in [-0.05, 0) is 5.56 Å². The number of ether oxygens (including phenoxy) is 2. The van der Waals surface area contributed by atoms with Crippen molar-refractivity contribution in [3.63, 3.8) is 0 Å². The van der Waals surface area contributed by atoms with Crippen molar-refractivity contribution in [2.24, 2.45) is 0 Å². The topological polar surface area (TPSA) is 94.2 Å². The maximum Gasteiger partial charge on any atom is 0.407 e. The summed E-state index contributed by atoms with van der Waals surface area (Å²) in [5.41, 5.74) is 0.856. The average Bonchev–Trinajstić information content (AvgIpc) is 2.66. The largest absolute Gasteiger partial charge is 0.445 e. The summed E-state index contributed by atoms with van der Waals surface area (Å²) in [5.74, 6) is -0.118. The van der Waals surface area contributed by atoms with E-state index in [1.54, 1.807) is 4.90 Å². The molecule has 1 fully saturated rings. The second-order valence-corrected chi connectivity index (χ2v) is 6.82. The predicted octanol–water partition coefficient (Wildman–Crippen LogP) is 0.840. The number of carbonyl (C=O) groups is 2. The van der Waals surface area contributed by atoms with Crippen LogP contribution in [0.4, 0.5) is 4.79 Å². The van der Waals surface area contributed by atoms with Gasteiger partial charge in [-0.2, -0.15) is 0 Å². The highest BCUT2D eigenvalue weighted by molar-refractivity contribution is 7.79. The van der Waals surface area contributed by atoms with Crippen molar-refractivity contribution in [2.75, 3.05) is 39.2 Å². The fraction of sp³-hybridized carbons (Fsp3) is 0.529. The summed E-state index contributed by atoms with van der Waals surface area (Å²) in [4.78, 5) is 26.1. The number of hydrogen-bond donors (Lipinski definition) is 1. The molecule has 2 atom stereocenters. The normalized spacial score (nSPS) is 16.6. The summed E-state index contributed by atoms with van der Waals surface area (Å²) in [6.45, 7) is 2.11. The Balaban J connectivity index is 1.85. The van der Waals surface area contributed by atoms with E-state index in [0.717, 1.165) is 5.56 Å². The molecule has 144 valence electrons. The molecule has 0 radical (unpaired) electrons. The lowest BCUT2D eigenvalue weighted by molar-refractivity contribution is -0.135. The van der Waals surface area contributed by atoms with Gasteiger partial charge in [0.2, 0.25) is 5.91 Å². The number of alkyl carbamates (subject to hydrolysis) is 1. The van der Waals surface area contributed by atoms with Crippen molar-refractivity contribution in [3.8, 4) is 0 Å². The summed E-state index contributed by atoms with van der Waals surface area (Å²) in [6.07, 6.45) is 0.769. The van der Waals surface area contributed by atoms with Gasteiger partial charge in [0.05, 0.1) is 25.9 Å². The van der Waals surface area contributed by atoms with E-state index in [1.165, 1.54) is 6.26 Å². The molecule has 2 unspecified atom stereocenters. The van der Waals surface area contributed by atoms with Crippen LogP contribution in [-0.2, 0) is 36.1 Å². The van der Waals surface area contributed by atoms with Crippen LogP contribution in [0.5, 0.6) is 0 Å². The van der Waals surface area contributed by atoms with Crippen molar-refractivity contribution in [2.45, 2.75) is 19.1 Å². The van der Waals surface area contributed by atoms with Crippen LogP contribution in [0.1, 0.15) is 12.0 Å². The molecule has 0 spiro atoms. The lowest BCUT2D eigenvalue weighted by Gasteiger charge is -2.28. The van der Waals surface area contributed by atoms with E-state index in [9.17, 15) is 13.8 Å². The minimum Gasteiger partial charge on any atom is -0.445 e. The number of rotatable bonds is 8. The Morgan fingerprint density at radius 2 is 1.96 bits per heavy atom. The predicted molar refractivity (Wildman–Crippen MR) is 95.6 cm³/mol. The Hall–Kier alpha value is -1.97. The molecule has 0 aliphatic carbocycles. The number of morpholine rings is 1. The van der Waals surface area contributed by atoms with E-state index in [4.69, 9.17) is 13.7 Å². The average molecular weight is 384 g/mol. The molecule has 9 heteroatoms. The highest BCUT2D eigenvalue weighted by atomic mass is 32.2. The number of nitrogens with one attached hydrogen (secondary N) is 1. The van der Waals surface area contributed by atoms with E-state index in [1.807, 2.05) is 30.3 Å². The first kappa shape index (κ1) is 20.3. The van der Waals surface area contributed by atoms with Crippen LogP contribution in [0.15, 0.2) is 30.3 Å². The zero-order valence-electron chi connectivity index (χ0n) is 14.7. The highest BCUT2D eigenvalue weighted by Gasteiger charge is 2.23. The zero-order valence-corrected chi connectivity index (χ0v) is 15.5. The van der Waals surface area contributed by atoms with Crippen molar-refractivity contribution in [3.05, 3.63) is 35.9 Å². The second kappa shape index (κ2) is 10.9. The summed E-state index contributed by atoms with van der Waals surface area (Å²) >= 11 is -1.49. The number of hydrogen-bond acceptors (Lipinski definition) is 6. The Morgan fingerprint density at radius 3 is 2.62 bits per heavy atom. The first-order chi connectivity index (χ1) is 12.5. The molecular formula is C17H24N2O6S. The smallest absolute Gasteiger partial charge is 0.407 e. The van der Waals surface area contributed by atoms with Gasteiger partial charge in [0, 0.05) is 25.8 Å². The second-order valence-electron chi connectivity index (χ2n) is 5.79. The van der Waals surface area contributed by atoms with Gasteiger partial charge in [-0.1, -0.05) is 30.3 Å². The first-order valence-electron chi connectivity index (χ1n) is 8.34. The van der Waals surface area contributed by atoms with Crippen molar-refractivity contribution in [1.29, 1.82) is 0 Å². The van der Waals surface area contributed by atoms with Gasteiger partial charge in [-0.25, -0.2) is 9.00 Å². The quantitative estimate of drug-likeness (QED) is 0.714. The van der Waals surface area contributed by atoms with E-state index in [0.29, 0.717) is 26.3 Å². The SMILES string of the molecule is CS(=O)OCC(CC(=O)N1CCOCC1)NC(=O)OCc1ccccc1. The minimum absolute atomic E-state index is 0.0393.